The molecule has 4 fully saturated rings. The van der Waals surface area contributed by atoms with Gasteiger partial charge in [0.05, 0.1) is 11.8 Å². The Bertz CT molecular complexity index is 248. The molecule has 3 aliphatic carbocycles. The second-order valence-electron chi connectivity index (χ2n) is 4.47. The molecule has 0 spiro atoms. The Balaban J connectivity index is 2.00. The smallest absolute Gasteiger partial charge is 0.317 e. The molecule has 3 nitrogen and oxygen atoms in total. The maximum absolute atomic E-state index is 11.4. The summed E-state index contributed by atoms with van der Waals surface area (Å²) >= 11 is 0. The van der Waals surface area contributed by atoms with E-state index in [4.69, 9.17) is 4.74 Å². The van der Waals surface area contributed by atoms with E-state index in [0.29, 0.717) is 11.8 Å². The van der Waals surface area contributed by atoms with Crippen LogP contribution in [0.5, 0.6) is 0 Å². The van der Waals surface area contributed by atoms with Crippen molar-refractivity contribution >= 4 is 11.9 Å². The minimum Gasteiger partial charge on any atom is -0.393 e. The number of cyclic esters (lactones) is 2. The highest BCUT2D eigenvalue weighted by Crippen LogP contribution is 2.52. The van der Waals surface area contributed by atoms with E-state index in [1.54, 1.807) is 0 Å². The third kappa shape index (κ3) is 0.847. The zero-order chi connectivity index (χ0) is 9.00. The second-order valence-corrected chi connectivity index (χ2v) is 4.47. The van der Waals surface area contributed by atoms with Crippen LogP contribution < -0.4 is 0 Å². The molecule has 1 saturated heterocycles. The summed E-state index contributed by atoms with van der Waals surface area (Å²) in [4.78, 5) is 22.7. The van der Waals surface area contributed by atoms with Crippen molar-refractivity contribution in [2.75, 3.05) is 0 Å². The van der Waals surface area contributed by atoms with Crippen molar-refractivity contribution in [1.82, 2.24) is 0 Å². The number of hydrogen-bond donors (Lipinski definition) is 0. The van der Waals surface area contributed by atoms with Gasteiger partial charge in [-0.2, -0.15) is 0 Å². The van der Waals surface area contributed by atoms with Crippen molar-refractivity contribution in [1.29, 1.82) is 0 Å². The lowest BCUT2D eigenvalue weighted by atomic mass is 9.59. The van der Waals surface area contributed by atoms with E-state index in [2.05, 4.69) is 0 Å². The largest absolute Gasteiger partial charge is 0.393 e. The molecule has 70 valence electrons. The van der Waals surface area contributed by atoms with Gasteiger partial charge >= 0.3 is 11.9 Å². The van der Waals surface area contributed by atoms with E-state index in [-0.39, 0.29) is 23.8 Å². The normalized spacial score (nSPS) is 47.7. The Hall–Kier alpha value is -0.860. The van der Waals surface area contributed by atoms with Gasteiger partial charge in [0.25, 0.3) is 0 Å². The molecular formula is C10H12O3. The molecule has 2 atom stereocenters. The van der Waals surface area contributed by atoms with E-state index in [0.717, 1.165) is 25.7 Å². The van der Waals surface area contributed by atoms with Gasteiger partial charge in [-0.1, -0.05) is 0 Å². The van der Waals surface area contributed by atoms with Crippen LogP contribution in [0, 0.1) is 23.7 Å². The maximum atomic E-state index is 11.4. The van der Waals surface area contributed by atoms with Crippen LogP contribution in [0.2, 0.25) is 0 Å². The second kappa shape index (κ2) is 2.34. The van der Waals surface area contributed by atoms with Crippen LogP contribution in [0.1, 0.15) is 25.7 Å². The van der Waals surface area contributed by atoms with Gasteiger partial charge in [-0.25, -0.2) is 0 Å². The lowest BCUT2D eigenvalue weighted by Gasteiger charge is -2.41. The first-order valence-corrected chi connectivity index (χ1v) is 5.03. The molecule has 1 heterocycles. The Morgan fingerprint density at radius 2 is 1.23 bits per heavy atom. The maximum Gasteiger partial charge on any atom is 0.317 e. The van der Waals surface area contributed by atoms with Crippen molar-refractivity contribution in [3.63, 3.8) is 0 Å². The van der Waals surface area contributed by atoms with Crippen molar-refractivity contribution in [3.05, 3.63) is 0 Å². The summed E-state index contributed by atoms with van der Waals surface area (Å²) < 4.78 is 4.71. The minimum atomic E-state index is -0.246. The number of carbonyl (C=O) groups excluding carboxylic acids is 2. The van der Waals surface area contributed by atoms with E-state index >= 15 is 0 Å². The van der Waals surface area contributed by atoms with Gasteiger partial charge in [0.15, 0.2) is 0 Å². The highest BCUT2D eigenvalue weighted by molar-refractivity contribution is 5.97. The highest BCUT2D eigenvalue weighted by atomic mass is 16.6. The summed E-state index contributed by atoms with van der Waals surface area (Å²) in [5, 5.41) is 0. The first-order valence-electron chi connectivity index (χ1n) is 5.03. The standard InChI is InChI=1S/C10H12O3/c11-9-7-5-1-2-6(4-3-5)8(7)10(12)13-9/h5-8H,1-4H2/t5?,6?,7-,8-/m0/s1. The Kier molecular flexibility index (Phi) is 1.35. The number of hydrogen-bond acceptors (Lipinski definition) is 3. The van der Waals surface area contributed by atoms with Crippen molar-refractivity contribution in [2.45, 2.75) is 25.7 Å². The van der Waals surface area contributed by atoms with Crippen molar-refractivity contribution in [3.8, 4) is 0 Å². The van der Waals surface area contributed by atoms with E-state index < -0.39 is 0 Å². The monoisotopic (exact) mass is 180 g/mol. The van der Waals surface area contributed by atoms with E-state index in [1.165, 1.54) is 0 Å². The van der Waals surface area contributed by atoms with Gasteiger partial charge in [-0.15, -0.1) is 0 Å². The average Bonchev–Trinajstić information content (AvgIpc) is 2.47. The number of rotatable bonds is 0. The molecule has 13 heavy (non-hydrogen) atoms. The molecule has 4 rings (SSSR count). The highest BCUT2D eigenvalue weighted by Gasteiger charge is 2.56. The molecule has 0 aromatic rings. The van der Waals surface area contributed by atoms with E-state index in [9.17, 15) is 9.59 Å². The van der Waals surface area contributed by atoms with Gasteiger partial charge in [0, 0.05) is 0 Å². The van der Waals surface area contributed by atoms with Crippen LogP contribution in [0.25, 0.3) is 0 Å². The minimum absolute atomic E-state index is 0.0694. The fraction of sp³-hybridized carbons (Fsp3) is 0.800. The lowest BCUT2D eigenvalue weighted by molar-refractivity contribution is -0.154. The lowest BCUT2D eigenvalue weighted by Crippen LogP contribution is -2.41. The summed E-state index contributed by atoms with van der Waals surface area (Å²) in [5.41, 5.74) is 0. The summed E-state index contributed by atoms with van der Waals surface area (Å²) in [5.74, 6) is 0.247. The Labute approximate surface area is 76.4 Å². The zero-order valence-corrected chi connectivity index (χ0v) is 7.36. The summed E-state index contributed by atoms with van der Waals surface area (Å²) in [7, 11) is 0. The molecule has 1 aliphatic heterocycles. The van der Waals surface area contributed by atoms with Gasteiger partial charge in [0.1, 0.15) is 0 Å². The van der Waals surface area contributed by atoms with Gasteiger partial charge in [-0.3, -0.25) is 9.59 Å². The molecule has 3 saturated carbocycles. The van der Waals surface area contributed by atoms with Gasteiger partial charge in [0.2, 0.25) is 0 Å². The third-order valence-electron chi connectivity index (χ3n) is 3.96. The molecule has 4 aliphatic rings. The molecule has 2 bridgehead atoms. The number of carbonyl (C=O) groups is 2. The van der Waals surface area contributed by atoms with Crippen LogP contribution in [0.3, 0.4) is 0 Å². The predicted octanol–water partition coefficient (Wildman–Crippen LogP) is 1.12. The first kappa shape index (κ1) is 7.54. The topological polar surface area (TPSA) is 43.4 Å². The zero-order valence-electron chi connectivity index (χ0n) is 7.36. The molecular weight excluding hydrogens is 168 g/mol. The van der Waals surface area contributed by atoms with Crippen molar-refractivity contribution in [2.24, 2.45) is 23.7 Å². The summed E-state index contributed by atoms with van der Waals surface area (Å²) in [6, 6.07) is 0. The fourth-order valence-corrected chi connectivity index (χ4v) is 3.36. The summed E-state index contributed by atoms with van der Waals surface area (Å²) in [6.07, 6.45) is 4.48. The van der Waals surface area contributed by atoms with E-state index in [1.807, 2.05) is 0 Å². The molecule has 0 aromatic carbocycles. The van der Waals surface area contributed by atoms with Crippen molar-refractivity contribution < 1.29 is 14.3 Å². The summed E-state index contributed by atoms with van der Waals surface area (Å²) in [6.45, 7) is 0. The van der Waals surface area contributed by atoms with Crippen LogP contribution in [0.4, 0.5) is 0 Å². The molecule has 0 radical (unpaired) electrons. The van der Waals surface area contributed by atoms with Crippen LogP contribution in [-0.4, -0.2) is 11.9 Å². The SMILES string of the molecule is O=C1OC(=O)[C@H]2C3CCC(CC3)[C@H]12. The number of fused-ring (bicyclic) bond motifs is 2. The Morgan fingerprint density at radius 3 is 1.62 bits per heavy atom. The quantitative estimate of drug-likeness (QED) is 0.414. The third-order valence-corrected chi connectivity index (χ3v) is 3.96. The molecule has 0 unspecified atom stereocenters. The van der Waals surface area contributed by atoms with Gasteiger partial charge in [-0.05, 0) is 37.5 Å². The first-order chi connectivity index (χ1) is 6.27. The van der Waals surface area contributed by atoms with Crippen LogP contribution in [-0.2, 0) is 14.3 Å². The van der Waals surface area contributed by atoms with Crippen LogP contribution >= 0.6 is 0 Å². The number of esters is 2. The van der Waals surface area contributed by atoms with Crippen LogP contribution in [0.15, 0.2) is 0 Å². The predicted molar refractivity (Wildman–Crippen MR) is 43.5 cm³/mol. The Morgan fingerprint density at radius 1 is 0.846 bits per heavy atom. The molecule has 0 amide bonds. The molecule has 0 aromatic heterocycles. The molecule has 3 heteroatoms. The fourth-order valence-electron chi connectivity index (χ4n) is 3.36. The van der Waals surface area contributed by atoms with Gasteiger partial charge < -0.3 is 4.74 Å². The average molecular weight is 180 g/mol. The number of ether oxygens (including phenoxy) is 1. The molecule has 0 N–H and O–H groups in total.